The molecule has 4 rings (SSSR count). The first-order chi connectivity index (χ1) is 21.2. The molecule has 20 atom stereocenters. The van der Waals surface area contributed by atoms with Crippen molar-refractivity contribution in [3.05, 3.63) is 0 Å². The van der Waals surface area contributed by atoms with Crippen molar-refractivity contribution in [2.45, 2.75) is 123 Å². The van der Waals surface area contributed by atoms with E-state index >= 15 is 0 Å². The normalized spacial score (nSPS) is 52.9. The minimum absolute atomic E-state index is 0.650. The average Bonchev–Trinajstić information content (AvgIpc) is 3.03. The molecule has 4 fully saturated rings. The zero-order valence-electron chi connectivity index (χ0n) is 23.5. The van der Waals surface area contributed by atoms with E-state index in [9.17, 15) is 71.5 Å². The zero-order valence-corrected chi connectivity index (χ0v) is 23.5. The standard InChI is InChI=1S/C24H42O21/c25-1-5-9(27)14(32)19(37)23(42-5)45-20-16(34)10(28)6(2-26)43-24(20)40-4-8-12(30)15(33)18(36)22(44-8)39-3-7-11(29)13(31)17(35)21(38)41-7/h5-38H,1-4H2/t5-,6-,7-,8-,9-,10-,11-,12-,13+,14+,15+,16+,17-,18-,19-,20-,21?,22+,23-,24+/m1/s1. The maximum atomic E-state index is 10.7. The van der Waals surface area contributed by atoms with Crippen LogP contribution in [0.25, 0.3) is 0 Å². The van der Waals surface area contributed by atoms with Crippen molar-refractivity contribution < 1.29 is 105 Å². The molecule has 0 amide bonds. The highest BCUT2D eigenvalue weighted by atomic mass is 16.8. The lowest BCUT2D eigenvalue weighted by molar-refractivity contribution is -0.373. The van der Waals surface area contributed by atoms with E-state index in [-0.39, 0.29) is 0 Å². The fourth-order valence-corrected chi connectivity index (χ4v) is 5.31. The summed E-state index contributed by atoms with van der Waals surface area (Å²) in [5.74, 6) is 0. The predicted octanol–water partition coefficient (Wildman–Crippen LogP) is -9.75. The van der Waals surface area contributed by atoms with Gasteiger partial charge in [-0.3, -0.25) is 0 Å². The summed E-state index contributed by atoms with van der Waals surface area (Å²) >= 11 is 0. The van der Waals surface area contributed by atoms with E-state index < -0.39 is 149 Å². The van der Waals surface area contributed by atoms with Crippen LogP contribution in [0.15, 0.2) is 0 Å². The monoisotopic (exact) mass is 666 g/mol. The highest BCUT2D eigenvalue weighted by Gasteiger charge is 2.52. The summed E-state index contributed by atoms with van der Waals surface area (Å²) < 4.78 is 37.7. The van der Waals surface area contributed by atoms with Gasteiger partial charge in [-0.1, -0.05) is 0 Å². The van der Waals surface area contributed by atoms with Gasteiger partial charge < -0.3 is 105 Å². The van der Waals surface area contributed by atoms with Crippen molar-refractivity contribution in [1.29, 1.82) is 0 Å². The molecule has 0 aliphatic carbocycles. The molecule has 264 valence electrons. The molecule has 0 aromatic rings. The second-order valence-corrected chi connectivity index (χ2v) is 11.2. The molecule has 21 nitrogen and oxygen atoms in total. The van der Waals surface area contributed by atoms with Gasteiger partial charge in [0.25, 0.3) is 0 Å². The number of aliphatic hydroxyl groups is 14. The number of hydrogen-bond acceptors (Lipinski definition) is 21. The third kappa shape index (κ3) is 7.75. The Morgan fingerprint density at radius 2 is 0.778 bits per heavy atom. The van der Waals surface area contributed by atoms with Gasteiger partial charge >= 0.3 is 0 Å². The molecule has 0 radical (unpaired) electrons. The van der Waals surface area contributed by atoms with E-state index in [1.807, 2.05) is 0 Å². The topological polar surface area (TPSA) is 348 Å². The van der Waals surface area contributed by atoms with Crippen molar-refractivity contribution in [2.24, 2.45) is 0 Å². The van der Waals surface area contributed by atoms with Crippen molar-refractivity contribution in [3.63, 3.8) is 0 Å². The van der Waals surface area contributed by atoms with Crippen molar-refractivity contribution in [1.82, 2.24) is 0 Å². The van der Waals surface area contributed by atoms with Crippen molar-refractivity contribution in [2.75, 3.05) is 26.4 Å². The molecule has 21 heteroatoms. The third-order valence-corrected chi connectivity index (χ3v) is 8.17. The van der Waals surface area contributed by atoms with Crippen molar-refractivity contribution in [3.8, 4) is 0 Å². The molecule has 45 heavy (non-hydrogen) atoms. The van der Waals surface area contributed by atoms with E-state index in [2.05, 4.69) is 0 Å². The molecule has 0 spiro atoms. The van der Waals surface area contributed by atoms with Crippen LogP contribution in [0.4, 0.5) is 0 Å². The molecule has 1 unspecified atom stereocenters. The van der Waals surface area contributed by atoms with Gasteiger partial charge in [0, 0.05) is 0 Å². The molecule has 0 aromatic heterocycles. The first kappa shape index (κ1) is 37.0. The highest BCUT2D eigenvalue weighted by molar-refractivity contribution is 4.95. The van der Waals surface area contributed by atoms with Gasteiger partial charge in [0.05, 0.1) is 26.4 Å². The van der Waals surface area contributed by atoms with Gasteiger partial charge in [-0.05, 0) is 0 Å². The van der Waals surface area contributed by atoms with Crippen LogP contribution in [-0.4, -0.2) is 221 Å². The minimum atomic E-state index is -1.92. The lowest BCUT2D eigenvalue weighted by Crippen LogP contribution is -2.65. The van der Waals surface area contributed by atoms with Crippen LogP contribution in [-0.2, 0) is 33.2 Å². The summed E-state index contributed by atoms with van der Waals surface area (Å²) in [7, 11) is 0. The maximum absolute atomic E-state index is 10.7. The molecule has 0 bridgehead atoms. The Balaban J connectivity index is 1.43. The zero-order chi connectivity index (χ0) is 33.3. The van der Waals surface area contributed by atoms with Gasteiger partial charge in [0.15, 0.2) is 25.2 Å². The minimum Gasteiger partial charge on any atom is -0.394 e. The highest BCUT2D eigenvalue weighted by Crippen LogP contribution is 2.31. The number of ether oxygens (including phenoxy) is 7. The van der Waals surface area contributed by atoms with Gasteiger partial charge in [-0.25, -0.2) is 0 Å². The smallest absolute Gasteiger partial charge is 0.187 e. The molecule has 4 aliphatic rings. The van der Waals surface area contributed by atoms with Crippen LogP contribution < -0.4 is 0 Å². The second kappa shape index (κ2) is 15.6. The van der Waals surface area contributed by atoms with Crippen LogP contribution in [0.3, 0.4) is 0 Å². The number of aliphatic hydroxyl groups excluding tert-OH is 14. The van der Waals surface area contributed by atoms with Crippen LogP contribution >= 0.6 is 0 Å². The quantitative estimate of drug-likeness (QED) is 0.103. The summed E-state index contributed by atoms with van der Waals surface area (Å²) in [4.78, 5) is 0. The lowest BCUT2D eigenvalue weighted by Gasteiger charge is -2.46. The predicted molar refractivity (Wildman–Crippen MR) is 134 cm³/mol. The van der Waals surface area contributed by atoms with E-state index in [1.54, 1.807) is 0 Å². The Kier molecular flexibility index (Phi) is 12.8. The fourth-order valence-electron chi connectivity index (χ4n) is 5.31. The summed E-state index contributed by atoms with van der Waals surface area (Å²) in [6.07, 6.45) is -34.8. The van der Waals surface area contributed by atoms with Crippen LogP contribution in [0.1, 0.15) is 0 Å². The average molecular weight is 667 g/mol. The van der Waals surface area contributed by atoms with Gasteiger partial charge in [0.2, 0.25) is 0 Å². The Labute approximate surface area is 254 Å². The number of hydrogen-bond donors (Lipinski definition) is 14. The Morgan fingerprint density at radius 3 is 1.33 bits per heavy atom. The van der Waals surface area contributed by atoms with Crippen LogP contribution in [0.5, 0.6) is 0 Å². The number of rotatable bonds is 10. The Bertz CT molecular complexity index is 916. The van der Waals surface area contributed by atoms with Gasteiger partial charge in [-0.2, -0.15) is 0 Å². The molecule has 0 saturated carbocycles. The third-order valence-electron chi connectivity index (χ3n) is 8.17. The Morgan fingerprint density at radius 1 is 0.378 bits per heavy atom. The Hall–Kier alpha value is -0.840. The van der Waals surface area contributed by atoms with E-state index in [0.29, 0.717) is 0 Å². The van der Waals surface area contributed by atoms with E-state index in [1.165, 1.54) is 0 Å². The first-order valence-electron chi connectivity index (χ1n) is 14.1. The maximum Gasteiger partial charge on any atom is 0.187 e. The lowest BCUT2D eigenvalue weighted by atomic mass is 9.97. The molecule has 4 aliphatic heterocycles. The summed E-state index contributed by atoms with van der Waals surface area (Å²) in [6.45, 7) is -2.98. The summed E-state index contributed by atoms with van der Waals surface area (Å²) in [5.41, 5.74) is 0. The van der Waals surface area contributed by atoms with Gasteiger partial charge in [0.1, 0.15) is 97.7 Å². The van der Waals surface area contributed by atoms with Crippen molar-refractivity contribution >= 4 is 0 Å². The molecule has 14 N–H and O–H groups in total. The van der Waals surface area contributed by atoms with Crippen LogP contribution in [0, 0.1) is 0 Å². The second-order valence-electron chi connectivity index (χ2n) is 11.2. The van der Waals surface area contributed by atoms with Gasteiger partial charge in [-0.15, -0.1) is 0 Å². The molecular weight excluding hydrogens is 624 g/mol. The largest absolute Gasteiger partial charge is 0.394 e. The molecular formula is C24H42O21. The summed E-state index contributed by atoms with van der Waals surface area (Å²) in [5, 5.41) is 141. The molecule has 4 heterocycles. The molecule has 0 aromatic carbocycles. The van der Waals surface area contributed by atoms with E-state index in [0.717, 1.165) is 0 Å². The SMILES string of the molecule is OC[C@H]1O[C@H](O[C@H]2[C@@H](OC[C@H]3O[C@H](OC[C@H]4OC(O)[C@H](O)[C@@H](O)[C@@H]4O)[C@H](O)[C@@H](O)[C@@H]3O)O[C@H](CO)[C@@H](O)[C@@H]2O)[C@H](O)[C@@H](O)[C@@H]1O. The fraction of sp³-hybridized carbons (Fsp3) is 1.00. The van der Waals surface area contributed by atoms with Crippen LogP contribution in [0.2, 0.25) is 0 Å². The van der Waals surface area contributed by atoms with E-state index in [4.69, 9.17) is 33.2 Å². The molecule has 4 saturated heterocycles. The summed E-state index contributed by atoms with van der Waals surface area (Å²) in [6, 6.07) is 0. The first-order valence-corrected chi connectivity index (χ1v) is 14.1.